The van der Waals surface area contributed by atoms with Crippen LogP contribution in [0.2, 0.25) is 0 Å². The van der Waals surface area contributed by atoms with Gasteiger partial charge in [0.25, 0.3) is 0 Å². The van der Waals surface area contributed by atoms with Crippen molar-refractivity contribution in [2.75, 3.05) is 32.6 Å². The van der Waals surface area contributed by atoms with Crippen LogP contribution in [-0.4, -0.2) is 49.3 Å². The van der Waals surface area contributed by atoms with Crippen molar-refractivity contribution in [2.24, 2.45) is 11.8 Å². The van der Waals surface area contributed by atoms with Gasteiger partial charge in [0.05, 0.1) is 0 Å². The molecule has 0 aromatic heterocycles. The number of nitrogens with zero attached hydrogens (tertiary/aromatic N) is 1. The van der Waals surface area contributed by atoms with Gasteiger partial charge in [-0.2, -0.15) is 0 Å². The number of carbonyl (C=O) groups excluding carboxylic acids is 1. The second kappa shape index (κ2) is 6.91. The molecule has 5 nitrogen and oxygen atoms in total. The second-order valence-corrected chi connectivity index (χ2v) is 6.06. The summed E-state index contributed by atoms with van der Waals surface area (Å²) in [6, 6.07) is 7.24. The summed E-state index contributed by atoms with van der Waals surface area (Å²) in [5.41, 5.74) is 0.778. The quantitative estimate of drug-likeness (QED) is 0.801. The molecule has 5 heteroatoms. The van der Waals surface area contributed by atoms with Crippen molar-refractivity contribution in [1.82, 2.24) is 4.90 Å². The van der Waals surface area contributed by atoms with E-state index in [-0.39, 0.29) is 18.4 Å². The topological polar surface area (TPSA) is 61.8 Å². The zero-order valence-corrected chi connectivity index (χ0v) is 12.9. The Morgan fingerprint density at radius 3 is 2.57 bits per heavy atom. The van der Waals surface area contributed by atoms with Crippen LogP contribution in [0.3, 0.4) is 0 Å². The van der Waals surface area contributed by atoms with Gasteiger partial charge in [0, 0.05) is 18.2 Å². The summed E-state index contributed by atoms with van der Waals surface area (Å²) in [6.07, 6.45) is 0.465. The van der Waals surface area contributed by atoms with Crippen molar-refractivity contribution in [3.05, 3.63) is 24.3 Å². The number of likely N-dealkylation sites (N-methyl/N-ethyl adjacent to an activating group) is 1. The first kappa shape index (κ1) is 15.8. The molecule has 3 unspecified atom stereocenters. The third-order valence-electron chi connectivity index (χ3n) is 3.59. The third-order valence-corrected chi connectivity index (χ3v) is 3.59. The molecule has 0 radical (unpaired) electrons. The number of ether oxygens (including phenoxy) is 1. The standard InChI is InChI=1S/C16H24N2O3/c1-11-8-15(11)16(20)17-12-4-6-14(7-5-12)21-10-13(19)9-18(2)3/h4-7,11,13,15,19H,8-10H2,1-3H3,(H,17,20). The lowest BCUT2D eigenvalue weighted by Gasteiger charge is -2.16. The number of carbonyl (C=O) groups is 1. The summed E-state index contributed by atoms with van der Waals surface area (Å²) >= 11 is 0. The number of benzene rings is 1. The van der Waals surface area contributed by atoms with Crippen LogP contribution < -0.4 is 10.1 Å². The predicted octanol–water partition coefficient (Wildman–Crippen LogP) is 1.58. The molecule has 0 bridgehead atoms. The highest BCUT2D eigenvalue weighted by molar-refractivity contribution is 5.94. The van der Waals surface area contributed by atoms with Gasteiger partial charge in [-0.1, -0.05) is 6.92 Å². The number of hydrogen-bond donors (Lipinski definition) is 2. The minimum atomic E-state index is -0.518. The van der Waals surface area contributed by atoms with Crippen LogP contribution in [0, 0.1) is 11.8 Å². The van der Waals surface area contributed by atoms with Crippen LogP contribution in [0.1, 0.15) is 13.3 Å². The molecule has 3 atom stereocenters. The van der Waals surface area contributed by atoms with Gasteiger partial charge in [0.2, 0.25) is 5.91 Å². The summed E-state index contributed by atoms with van der Waals surface area (Å²) in [6.45, 7) is 2.90. The average Bonchev–Trinajstić information content (AvgIpc) is 3.14. The molecule has 0 spiro atoms. The van der Waals surface area contributed by atoms with E-state index in [0.717, 1.165) is 12.1 Å². The Hall–Kier alpha value is -1.59. The first-order chi connectivity index (χ1) is 9.95. The number of anilines is 1. The number of aliphatic hydroxyl groups excluding tert-OH is 1. The highest BCUT2D eigenvalue weighted by Gasteiger charge is 2.38. The summed E-state index contributed by atoms with van der Waals surface area (Å²) in [7, 11) is 3.81. The molecule has 0 aliphatic heterocycles. The molecular weight excluding hydrogens is 268 g/mol. The summed E-state index contributed by atoms with van der Waals surface area (Å²) < 4.78 is 5.52. The van der Waals surface area contributed by atoms with E-state index in [4.69, 9.17) is 4.74 Å². The van der Waals surface area contributed by atoms with Crippen molar-refractivity contribution in [1.29, 1.82) is 0 Å². The van der Waals surface area contributed by atoms with Crippen LogP contribution in [0.4, 0.5) is 5.69 Å². The van der Waals surface area contributed by atoms with E-state index in [0.29, 0.717) is 18.2 Å². The van der Waals surface area contributed by atoms with E-state index in [1.165, 1.54) is 0 Å². The maximum absolute atomic E-state index is 11.8. The zero-order valence-electron chi connectivity index (χ0n) is 12.9. The molecule has 1 aliphatic carbocycles. The van der Waals surface area contributed by atoms with Gasteiger partial charge in [-0.3, -0.25) is 4.79 Å². The Morgan fingerprint density at radius 2 is 2.05 bits per heavy atom. The van der Waals surface area contributed by atoms with E-state index in [9.17, 15) is 9.90 Å². The van der Waals surface area contributed by atoms with E-state index in [1.54, 1.807) is 12.1 Å². The molecule has 1 saturated carbocycles. The smallest absolute Gasteiger partial charge is 0.227 e. The number of rotatable bonds is 7. The summed E-state index contributed by atoms with van der Waals surface area (Å²) in [5, 5.41) is 12.6. The Kier molecular flexibility index (Phi) is 5.20. The Bertz CT molecular complexity index is 473. The molecule has 1 aromatic carbocycles. The number of amides is 1. The van der Waals surface area contributed by atoms with Crippen LogP contribution >= 0.6 is 0 Å². The molecule has 1 amide bonds. The molecule has 21 heavy (non-hydrogen) atoms. The van der Waals surface area contributed by atoms with E-state index >= 15 is 0 Å². The van der Waals surface area contributed by atoms with Gasteiger partial charge in [-0.05, 0) is 50.7 Å². The highest BCUT2D eigenvalue weighted by atomic mass is 16.5. The van der Waals surface area contributed by atoms with Crippen molar-refractivity contribution in [2.45, 2.75) is 19.4 Å². The fourth-order valence-corrected chi connectivity index (χ4v) is 2.22. The lowest BCUT2D eigenvalue weighted by molar-refractivity contribution is -0.117. The molecular formula is C16H24N2O3. The molecule has 116 valence electrons. The Balaban J connectivity index is 1.77. The fraction of sp³-hybridized carbons (Fsp3) is 0.562. The molecule has 1 fully saturated rings. The minimum absolute atomic E-state index is 0.0950. The van der Waals surface area contributed by atoms with Gasteiger partial charge >= 0.3 is 0 Å². The number of hydrogen-bond acceptors (Lipinski definition) is 4. The number of nitrogens with one attached hydrogen (secondary N) is 1. The van der Waals surface area contributed by atoms with Crippen LogP contribution in [0.5, 0.6) is 5.75 Å². The lowest BCUT2D eigenvalue weighted by Crippen LogP contribution is -2.30. The zero-order chi connectivity index (χ0) is 15.4. The normalized spacial score (nSPS) is 22.0. The largest absolute Gasteiger partial charge is 0.491 e. The van der Waals surface area contributed by atoms with E-state index in [2.05, 4.69) is 12.2 Å². The van der Waals surface area contributed by atoms with Crippen molar-refractivity contribution in [3.8, 4) is 5.75 Å². The van der Waals surface area contributed by atoms with Gasteiger partial charge < -0.3 is 20.1 Å². The third kappa shape index (κ3) is 5.02. The molecule has 2 N–H and O–H groups in total. The van der Waals surface area contributed by atoms with Gasteiger partial charge in [0.1, 0.15) is 18.5 Å². The summed E-state index contributed by atoms with van der Waals surface area (Å²) in [5.74, 6) is 1.45. The van der Waals surface area contributed by atoms with Crippen LogP contribution in [-0.2, 0) is 4.79 Å². The molecule has 2 rings (SSSR count). The molecule has 0 saturated heterocycles. The maximum atomic E-state index is 11.8. The monoisotopic (exact) mass is 292 g/mol. The van der Waals surface area contributed by atoms with Gasteiger partial charge in [0.15, 0.2) is 0 Å². The maximum Gasteiger partial charge on any atom is 0.227 e. The second-order valence-electron chi connectivity index (χ2n) is 6.06. The van der Waals surface area contributed by atoms with E-state index < -0.39 is 6.10 Å². The predicted molar refractivity (Wildman–Crippen MR) is 82.4 cm³/mol. The van der Waals surface area contributed by atoms with Gasteiger partial charge in [-0.15, -0.1) is 0 Å². The lowest BCUT2D eigenvalue weighted by atomic mass is 10.2. The molecule has 1 aliphatic rings. The van der Waals surface area contributed by atoms with Crippen LogP contribution in [0.25, 0.3) is 0 Å². The Morgan fingerprint density at radius 1 is 1.43 bits per heavy atom. The molecule has 1 aromatic rings. The number of aliphatic hydroxyl groups is 1. The van der Waals surface area contributed by atoms with Crippen LogP contribution in [0.15, 0.2) is 24.3 Å². The first-order valence-electron chi connectivity index (χ1n) is 7.32. The highest BCUT2D eigenvalue weighted by Crippen LogP contribution is 2.38. The van der Waals surface area contributed by atoms with Crippen molar-refractivity contribution >= 4 is 11.6 Å². The van der Waals surface area contributed by atoms with Crippen molar-refractivity contribution in [3.63, 3.8) is 0 Å². The summed E-state index contributed by atoms with van der Waals surface area (Å²) in [4.78, 5) is 13.7. The first-order valence-corrected chi connectivity index (χ1v) is 7.32. The SMILES string of the molecule is CC1CC1C(=O)Nc1ccc(OCC(O)CN(C)C)cc1. The van der Waals surface area contributed by atoms with Gasteiger partial charge in [-0.25, -0.2) is 0 Å². The Labute approximate surface area is 125 Å². The fourth-order valence-electron chi connectivity index (χ4n) is 2.22. The van der Waals surface area contributed by atoms with E-state index in [1.807, 2.05) is 31.1 Å². The molecule has 0 heterocycles. The van der Waals surface area contributed by atoms with Crippen molar-refractivity contribution < 1.29 is 14.6 Å². The average molecular weight is 292 g/mol. The minimum Gasteiger partial charge on any atom is -0.491 e.